The zero-order valence-electron chi connectivity index (χ0n) is 14.8. The summed E-state index contributed by atoms with van der Waals surface area (Å²) in [7, 11) is 0. The number of carbonyl (C=O) groups is 1. The van der Waals surface area contributed by atoms with E-state index in [9.17, 15) is 4.79 Å². The highest BCUT2D eigenvalue weighted by Crippen LogP contribution is 2.35. The number of ether oxygens (including phenoxy) is 1. The second-order valence-corrected chi connectivity index (χ2v) is 7.19. The van der Waals surface area contributed by atoms with Crippen LogP contribution in [0.4, 0.5) is 5.00 Å². The van der Waals surface area contributed by atoms with Crippen LogP contribution in [-0.2, 0) is 4.74 Å². The summed E-state index contributed by atoms with van der Waals surface area (Å²) < 4.78 is 5.18. The normalized spacial score (nSPS) is 11.6. The molecule has 0 aliphatic rings. The summed E-state index contributed by atoms with van der Waals surface area (Å²) in [4.78, 5) is 13.3. The zero-order chi connectivity index (χ0) is 18.2. The Hall–Kier alpha value is -1.92. The number of hydrogen-bond donors (Lipinski definition) is 2. The Morgan fingerprint density at radius 1 is 1.28 bits per heavy atom. The van der Waals surface area contributed by atoms with Crippen LogP contribution in [-0.4, -0.2) is 23.7 Å². The maximum absolute atomic E-state index is 12.3. The van der Waals surface area contributed by atoms with E-state index < -0.39 is 0 Å². The van der Waals surface area contributed by atoms with Crippen LogP contribution < -0.4 is 10.6 Å². The van der Waals surface area contributed by atoms with Gasteiger partial charge in [-0.25, -0.2) is 4.79 Å². The van der Waals surface area contributed by atoms with Crippen LogP contribution in [0.2, 0.25) is 0 Å². The molecule has 6 heteroatoms. The van der Waals surface area contributed by atoms with Gasteiger partial charge in [-0.05, 0) is 44.1 Å². The van der Waals surface area contributed by atoms with E-state index in [1.54, 1.807) is 6.92 Å². The Morgan fingerprint density at radius 3 is 2.64 bits per heavy atom. The Labute approximate surface area is 158 Å². The molecule has 0 aliphatic heterocycles. The molecule has 0 saturated carbocycles. The van der Waals surface area contributed by atoms with E-state index >= 15 is 0 Å². The molecular weight excluding hydrogens is 352 g/mol. The molecule has 1 unspecified atom stereocenters. The molecule has 2 aromatic rings. The molecule has 25 heavy (non-hydrogen) atoms. The number of benzene rings is 1. The topological polar surface area (TPSA) is 50.4 Å². The summed E-state index contributed by atoms with van der Waals surface area (Å²) in [6.07, 6.45) is 2.12. The summed E-state index contributed by atoms with van der Waals surface area (Å²) in [5.74, 6) is -0.340. The molecule has 0 saturated heterocycles. The van der Waals surface area contributed by atoms with Crippen molar-refractivity contribution in [1.29, 1.82) is 0 Å². The average molecular weight is 377 g/mol. The van der Waals surface area contributed by atoms with Crippen molar-refractivity contribution in [1.82, 2.24) is 5.32 Å². The van der Waals surface area contributed by atoms with E-state index in [1.165, 1.54) is 11.3 Å². The Kier molecular flexibility index (Phi) is 7.40. The van der Waals surface area contributed by atoms with Gasteiger partial charge in [0, 0.05) is 10.9 Å². The zero-order valence-corrected chi connectivity index (χ0v) is 16.4. The minimum absolute atomic E-state index is 0.282. The standard InChI is InChI=1S/C19H24N2O2S2/c1-4-9-13(3)20-19(24)21-17-15(18(22)23-5-2)12-16(25-17)14-10-7-6-8-11-14/h6-8,10-13H,4-5,9H2,1-3H3,(H2,20,21,24). The highest BCUT2D eigenvalue weighted by molar-refractivity contribution is 7.80. The fourth-order valence-corrected chi connectivity index (χ4v) is 3.88. The van der Waals surface area contributed by atoms with Gasteiger partial charge in [-0.3, -0.25) is 0 Å². The summed E-state index contributed by atoms with van der Waals surface area (Å²) in [5.41, 5.74) is 1.57. The van der Waals surface area contributed by atoms with Gasteiger partial charge in [0.05, 0.1) is 12.2 Å². The van der Waals surface area contributed by atoms with Gasteiger partial charge in [0.2, 0.25) is 0 Å². The number of rotatable bonds is 7. The van der Waals surface area contributed by atoms with Crippen LogP contribution in [0.15, 0.2) is 36.4 Å². The molecule has 0 radical (unpaired) electrons. The predicted octanol–water partition coefficient (Wildman–Crippen LogP) is 5.07. The molecule has 1 aromatic heterocycles. The van der Waals surface area contributed by atoms with Crippen molar-refractivity contribution in [2.45, 2.75) is 39.7 Å². The fourth-order valence-electron chi connectivity index (χ4n) is 2.46. The molecular formula is C19H24N2O2S2. The highest BCUT2D eigenvalue weighted by atomic mass is 32.1. The van der Waals surface area contributed by atoms with Crippen molar-refractivity contribution >= 4 is 39.6 Å². The molecule has 0 amide bonds. The number of esters is 1. The number of nitrogens with one attached hydrogen (secondary N) is 2. The molecule has 0 bridgehead atoms. The van der Waals surface area contributed by atoms with Crippen LogP contribution in [0.25, 0.3) is 10.4 Å². The van der Waals surface area contributed by atoms with Crippen LogP contribution in [0.1, 0.15) is 44.0 Å². The summed E-state index contributed by atoms with van der Waals surface area (Å²) >= 11 is 6.89. The Balaban J connectivity index is 2.24. The van der Waals surface area contributed by atoms with Crippen LogP contribution >= 0.6 is 23.6 Å². The van der Waals surface area contributed by atoms with Gasteiger partial charge in [-0.15, -0.1) is 11.3 Å². The second-order valence-electron chi connectivity index (χ2n) is 5.73. The van der Waals surface area contributed by atoms with Crippen molar-refractivity contribution < 1.29 is 9.53 Å². The first kappa shape index (κ1) is 19.4. The second kappa shape index (κ2) is 9.53. The number of anilines is 1. The lowest BCUT2D eigenvalue weighted by atomic mass is 10.1. The lowest BCUT2D eigenvalue weighted by molar-refractivity contribution is 0.0528. The third-order valence-electron chi connectivity index (χ3n) is 3.61. The largest absolute Gasteiger partial charge is 0.462 e. The van der Waals surface area contributed by atoms with Gasteiger partial charge in [0.15, 0.2) is 5.11 Å². The van der Waals surface area contributed by atoms with Crippen molar-refractivity contribution in [3.05, 3.63) is 42.0 Å². The highest BCUT2D eigenvalue weighted by Gasteiger charge is 2.19. The van der Waals surface area contributed by atoms with Crippen molar-refractivity contribution in [3.8, 4) is 10.4 Å². The van der Waals surface area contributed by atoms with E-state index in [4.69, 9.17) is 17.0 Å². The number of carbonyl (C=O) groups excluding carboxylic acids is 1. The van der Waals surface area contributed by atoms with E-state index in [1.807, 2.05) is 36.4 Å². The third kappa shape index (κ3) is 5.54. The molecule has 2 N–H and O–H groups in total. The van der Waals surface area contributed by atoms with E-state index in [2.05, 4.69) is 24.5 Å². The maximum atomic E-state index is 12.3. The van der Waals surface area contributed by atoms with Gasteiger partial charge >= 0.3 is 5.97 Å². The Morgan fingerprint density at radius 2 is 2.00 bits per heavy atom. The quantitative estimate of drug-likeness (QED) is 0.522. The predicted molar refractivity (Wildman–Crippen MR) is 109 cm³/mol. The van der Waals surface area contributed by atoms with Crippen LogP contribution in [0.5, 0.6) is 0 Å². The minimum atomic E-state index is -0.340. The Bertz CT molecular complexity index is 713. The molecule has 4 nitrogen and oxygen atoms in total. The van der Waals surface area contributed by atoms with E-state index in [0.29, 0.717) is 22.3 Å². The molecule has 0 aliphatic carbocycles. The molecule has 1 heterocycles. The monoisotopic (exact) mass is 376 g/mol. The van der Waals surface area contributed by atoms with Crippen molar-refractivity contribution in [2.75, 3.05) is 11.9 Å². The first-order valence-corrected chi connectivity index (χ1v) is 9.71. The third-order valence-corrected chi connectivity index (χ3v) is 4.93. The SMILES string of the molecule is CCCC(C)NC(=S)Nc1sc(-c2ccccc2)cc1C(=O)OCC. The van der Waals surface area contributed by atoms with Gasteiger partial charge in [-0.1, -0.05) is 43.7 Å². The number of hydrogen-bond acceptors (Lipinski definition) is 4. The number of thiocarbonyl (C=S) groups is 1. The van der Waals surface area contributed by atoms with Crippen LogP contribution in [0.3, 0.4) is 0 Å². The smallest absolute Gasteiger partial charge is 0.341 e. The first-order valence-electron chi connectivity index (χ1n) is 8.49. The summed E-state index contributed by atoms with van der Waals surface area (Å²) in [5, 5.41) is 7.65. The fraction of sp³-hybridized carbons (Fsp3) is 0.368. The van der Waals surface area contributed by atoms with Crippen molar-refractivity contribution in [2.24, 2.45) is 0 Å². The summed E-state index contributed by atoms with van der Waals surface area (Å²) in [6, 6.07) is 12.1. The van der Waals surface area contributed by atoms with Crippen molar-refractivity contribution in [3.63, 3.8) is 0 Å². The van der Waals surface area contributed by atoms with E-state index in [-0.39, 0.29) is 12.0 Å². The average Bonchev–Trinajstić information content (AvgIpc) is 2.99. The van der Waals surface area contributed by atoms with Gasteiger partial charge in [0.1, 0.15) is 5.00 Å². The maximum Gasteiger partial charge on any atom is 0.341 e. The molecule has 1 aromatic carbocycles. The minimum Gasteiger partial charge on any atom is -0.462 e. The van der Waals surface area contributed by atoms with Crippen LogP contribution in [0, 0.1) is 0 Å². The van der Waals surface area contributed by atoms with Gasteiger partial charge in [-0.2, -0.15) is 0 Å². The number of thiophene rings is 1. The molecule has 134 valence electrons. The first-order chi connectivity index (χ1) is 12.0. The summed E-state index contributed by atoms with van der Waals surface area (Å²) in [6.45, 7) is 6.37. The molecule has 1 atom stereocenters. The van der Waals surface area contributed by atoms with Gasteiger partial charge in [0.25, 0.3) is 0 Å². The van der Waals surface area contributed by atoms with E-state index in [0.717, 1.165) is 23.3 Å². The lowest BCUT2D eigenvalue weighted by Crippen LogP contribution is -2.35. The molecule has 0 spiro atoms. The van der Waals surface area contributed by atoms with Gasteiger partial charge < -0.3 is 15.4 Å². The molecule has 2 rings (SSSR count). The molecule has 0 fully saturated rings. The lowest BCUT2D eigenvalue weighted by Gasteiger charge is -2.16.